The molecular weight excluding hydrogens is 1070 g/mol. The Balaban J connectivity index is 0.00000954. The minimum absolute atomic E-state index is 0. The summed E-state index contributed by atoms with van der Waals surface area (Å²) in [5.74, 6) is 0.264. The summed E-state index contributed by atoms with van der Waals surface area (Å²) in [5.41, 5.74) is -0.818. The number of hydrogen-bond acceptors (Lipinski definition) is 2. The summed E-state index contributed by atoms with van der Waals surface area (Å²) >= 11 is 0. The Kier molecular flexibility index (Phi) is 7.10. The van der Waals surface area contributed by atoms with Gasteiger partial charge in [0.1, 0.15) is 5.82 Å². The molecule has 0 radical (unpaired) electrons. The third-order valence-corrected chi connectivity index (χ3v) is 12.4. The molecule has 3 aromatic heterocycles. The van der Waals surface area contributed by atoms with Crippen molar-refractivity contribution in [2.45, 2.75) is 46.7 Å². The maximum atomic E-state index is 9.40. The molecule has 73 heavy (non-hydrogen) atoms. The molecule has 12 rings (SSSR count). The Hall–Kier alpha value is -8.11. The number of imidazole rings is 1. The van der Waals surface area contributed by atoms with Gasteiger partial charge in [-0.05, 0) is 123 Å². The third kappa shape index (κ3) is 8.68. The zero-order valence-corrected chi connectivity index (χ0v) is 41.3. The quantitative estimate of drug-likeness (QED) is 0.107. The molecule has 0 atom stereocenters. The van der Waals surface area contributed by atoms with E-state index in [1.807, 2.05) is 32.9 Å². The first-order valence-electron chi connectivity index (χ1n) is 34.6. The van der Waals surface area contributed by atoms with Gasteiger partial charge in [0, 0.05) is 62.2 Å². The van der Waals surface area contributed by atoms with Crippen molar-refractivity contribution in [2.24, 2.45) is 0 Å². The van der Waals surface area contributed by atoms with Crippen molar-refractivity contribution in [3.63, 3.8) is 0 Å². The van der Waals surface area contributed by atoms with E-state index in [-0.39, 0.29) is 122 Å². The molecule has 0 unspecified atom stereocenters. The maximum Gasteiger partial charge on any atom is 0.268 e. The van der Waals surface area contributed by atoms with E-state index in [2.05, 4.69) is 23.4 Å². The minimum atomic E-state index is -2.89. The Morgan fingerprint density at radius 1 is 0.575 bits per heavy atom. The van der Waals surface area contributed by atoms with Crippen LogP contribution in [0.4, 0.5) is 0 Å². The molecule has 0 N–H and O–H groups in total. The molecular formula is C67H52N4OPt-2. The van der Waals surface area contributed by atoms with Crippen LogP contribution in [0.3, 0.4) is 0 Å². The summed E-state index contributed by atoms with van der Waals surface area (Å²) in [6.07, 6.45) is 4.57. The molecule has 0 aliphatic rings. The van der Waals surface area contributed by atoms with Crippen LogP contribution in [0.1, 0.15) is 75.9 Å². The zero-order chi connectivity index (χ0) is 69.6. The van der Waals surface area contributed by atoms with Crippen LogP contribution in [0.5, 0.6) is 11.5 Å². The number of nitrogens with zero attached hydrogens (tertiary/aromatic N) is 4. The number of ether oxygens (including phenoxy) is 1. The second-order valence-corrected chi connectivity index (χ2v) is 17.9. The van der Waals surface area contributed by atoms with Gasteiger partial charge in [0.15, 0.2) is 0 Å². The molecule has 0 aliphatic heterocycles. The summed E-state index contributed by atoms with van der Waals surface area (Å²) in [5, 5.41) is 1.34. The predicted octanol–water partition coefficient (Wildman–Crippen LogP) is 16.5. The van der Waals surface area contributed by atoms with Crippen LogP contribution in [-0.2, 0) is 26.5 Å². The van der Waals surface area contributed by atoms with Crippen molar-refractivity contribution in [2.75, 3.05) is 0 Å². The van der Waals surface area contributed by atoms with E-state index in [9.17, 15) is 2.74 Å². The van der Waals surface area contributed by atoms with Crippen molar-refractivity contribution >= 4 is 32.8 Å². The Morgan fingerprint density at radius 3 is 1.96 bits per heavy atom. The first kappa shape index (κ1) is 27.1. The fraction of sp³-hybridized carbons (Fsp3) is 0.104. The standard InChI is InChI=1S/C67H52N4O.Pt/c1-44-20-18-21-45(2)65(44)50-32-35-61-63(39-50)69(43-70(61)66-57(48-24-12-8-13-25-48)37-51(38-59(66)67(4,5)6)47-22-10-7-11-23-47)52-28-19-29-53(40-52)72-54-33-34-56-55-30-16-17-31-60(55)71(62(56)41-54)64-36-46(3)58(42-68-64)49-26-14-9-15-27-49;/h7-39,42H,1-6H3;/q-2;/i1D3,2D3,3D3,7D,8D,9D,10D,11D,12D,13D,14D,15D,22D,23D,24D,25D,26D,27D;. The van der Waals surface area contributed by atoms with Crippen molar-refractivity contribution in [1.29, 1.82) is 0 Å². The molecule has 0 saturated carbocycles. The normalized spacial score (nSPS) is 16.8. The molecule has 9 aromatic carbocycles. The van der Waals surface area contributed by atoms with Gasteiger partial charge in [-0.15, -0.1) is 29.7 Å². The van der Waals surface area contributed by atoms with Crippen LogP contribution < -0.4 is 9.30 Å². The van der Waals surface area contributed by atoms with Crippen LogP contribution in [-0.4, -0.2) is 14.1 Å². The van der Waals surface area contributed by atoms with E-state index in [0.717, 1.165) is 0 Å². The average molecular weight is 1150 g/mol. The molecule has 3 heterocycles. The first-order valence-corrected chi connectivity index (χ1v) is 22.6. The Morgan fingerprint density at radius 2 is 1.25 bits per heavy atom. The number of pyridine rings is 1. The minimum Gasteiger partial charge on any atom is -0.510 e. The van der Waals surface area contributed by atoms with Gasteiger partial charge in [0.2, 0.25) is 0 Å². The summed E-state index contributed by atoms with van der Waals surface area (Å²) in [6.45, 7) is -3.07. The molecule has 0 spiro atoms. The van der Waals surface area contributed by atoms with Crippen LogP contribution in [0.2, 0.25) is 0 Å². The van der Waals surface area contributed by atoms with Gasteiger partial charge in [-0.2, -0.15) is 18.2 Å². The molecule has 358 valence electrons. The van der Waals surface area contributed by atoms with Gasteiger partial charge >= 0.3 is 0 Å². The molecule has 0 aliphatic carbocycles. The van der Waals surface area contributed by atoms with Gasteiger partial charge in [0.05, 0.1) is 37.3 Å². The summed E-state index contributed by atoms with van der Waals surface area (Å²) in [6, 6.07) is 25.4. The summed E-state index contributed by atoms with van der Waals surface area (Å²) in [7, 11) is 0. The average Bonchev–Trinajstić information content (AvgIpc) is 1.71. The third-order valence-electron chi connectivity index (χ3n) is 12.4. The van der Waals surface area contributed by atoms with Gasteiger partial charge in [-0.3, -0.25) is 4.57 Å². The number of aromatic nitrogens is 4. The fourth-order valence-corrected chi connectivity index (χ4v) is 9.10. The summed E-state index contributed by atoms with van der Waals surface area (Å²) < 4.78 is 220. The topological polar surface area (TPSA) is 35.9 Å². The number of aryl methyl sites for hydroxylation is 3. The van der Waals surface area contributed by atoms with E-state index in [4.69, 9.17) is 34.9 Å². The summed E-state index contributed by atoms with van der Waals surface area (Å²) in [4.78, 5) is 4.67. The first-order chi connectivity index (χ1) is 44.9. The Labute approximate surface area is 475 Å². The van der Waals surface area contributed by atoms with Crippen LogP contribution in [0, 0.1) is 39.0 Å². The van der Waals surface area contributed by atoms with Crippen molar-refractivity contribution < 1.29 is 63.3 Å². The molecule has 6 heteroatoms. The van der Waals surface area contributed by atoms with E-state index in [0.29, 0.717) is 27.4 Å². The molecule has 0 saturated heterocycles. The maximum absolute atomic E-state index is 9.40. The number of benzene rings is 9. The second-order valence-electron chi connectivity index (χ2n) is 17.9. The zero-order valence-electron chi connectivity index (χ0n) is 63.0. The van der Waals surface area contributed by atoms with Crippen LogP contribution in [0.25, 0.3) is 94.5 Å². The number of para-hydroxylation sites is 1. The van der Waals surface area contributed by atoms with Gasteiger partial charge in [-0.1, -0.05) is 172 Å². The van der Waals surface area contributed by atoms with Crippen LogP contribution in [0.15, 0.2) is 206 Å². The Bertz CT molecular complexity index is 5180. The van der Waals surface area contributed by atoms with Crippen molar-refractivity contribution in [1.82, 2.24) is 14.1 Å². The molecule has 0 bridgehead atoms. The molecule has 12 aromatic rings. The van der Waals surface area contributed by atoms with Gasteiger partial charge in [-0.25, -0.2) is 4.98 Å². The number of rotatable bonds is 9. The van der Waals surface area contributed by atoms with E-state index >= 15 is 0 Å². The monoisotopic (exact) mass is 1150 g/mol. The number of hydrogen-bond donors (Lipinski definition) is 0. The SMILES string of the molecule is [2H]c1c([2H])c([2H])c(-c2cc(-c3c([2H])c([2H])c([2H])c([2H])c3[2H])c(-[n+]3[c-]n(-c4[c-]c(Oc5[c-]c6c(cc5)c5ccccc5n6-c5cc(C([2H])([2H])[2H])c(-c6c([2H])c([2H])c([2H])c([2H])c6[2H])cn5)ccc4)c4cc(-c5c(C([2H])([2H])[2H])cccc5C([2H])([2H])[2H])ccc43)c(C(C)(C)C)c2)c([2H])c1[2H].[Pt]. The van der Waals surface area contributed by atoms with Crippen LogP contribution >= 0.6 is 0 Å². The van der Waals surface area contributed by atoms with E-state index < -0.39 is 117 Å². The van der Waals surface area contributed by atoms with Gasteiger partial charge < -0.3 is 13.9 Å². The second kappa shape index (κ2) is 19.1. The van der Waals surface area contributed by atoms with Gasteiger partial charge in [0.25, 0.3) is 6.33 Å². The van der Waals surface area contributed by atoms with Crippen molar-refractivity contribution in [3.8, 4) is 73.2 Å². The van der Waals surface area contributed by atoms with Crippen molar-refractivity contribution in [3.05, 3.63) is 247 Å². The predicted molar refractivity (Wildman–Crippen MR) is 295 cm³/mol. The molecule has 0 amide bonds. The number of fused-ring (bicyclic) bond motifs is 4. The smallest absolute Gasteiger partial charge is 0.268 e. The molecule has 5 nitrogen and oxygen atoms in total. The van der Waals surface area contributed by atoms with E-state index in [1.165, 1.54) is 47.2 Å². The molecule has 0 fully saturated rings. The van der Waals surface area contributed by atoms with E-state index in [1.54, 1.807) is 69.8 Å². The largest absolute Gasteiger partial charge is 0.510 e. The fourth-order valence-electron chi connectivity index (χ4n) is 9.10.